The zero-order valence-corrected chi connectivity index (χ0v) is 13.2. The fourth-order valence-electron chi connectivity index (χ4n) is 3.20. The quantitative estimate of drug-likeness (QED) is 0.899. The molecule has 0 amide bonds. The summed E-state index contributed by atoms with van der Waals surface area (Å²) in [7, 11) is 0. The lowest BCUT2D eigenvalue weighted by Gasteiger charge is -2.31. The van der Waals surface area contributed by atoms with Crippen molar-refractivity contribution in [2.24, 2.45) is 11.7 Å². The molecule has 1 aliphatic carbocycles. The van der Waals surface area contributed by atoms with E-state index in [2.05, 4.69) is 29.7 Å². The highest BCUT2D eigenvalue weighted by molar-refractivity contribution is 7.99. The van der Waals surface area contributed by atoms with Crippen LogP contribution >= 0.6 is 11.8 Å². The fraction of sp³-hybridized carbons (Fsp3) is 0.800. The fourth-order valence-corrected chi connectivity index (χ4v) is 3.94. The Morgan fingerprint density at radius 1 is 1.37 bits per heavy atom. The first kappa shape index (κ1) is 14.9. The van der Waals surface area contributed by atoms with E-state index in [4.69, 9.17) is 5.73 Å². The first-order valence-corrected chi connectivity index (χ1v) is 8.70. The van der Waals surface area contributed by atoms with Crippen LogP contribution in [0.25, 0.3) is 0 Å². The third-order valence-electron chi connectivity index (χ3n) is 4.51. The highest BCUT2D eigenvalue weighted by Crippen LogP contribution is 2.36. The summed E-state index contributed by atoms with van der Waals surface area (Å²) in [5, 5.41) is 0.860. The van der Waals surface area contributed by atoms with Gasteiger partial charge in [-0.2, -0.15) is 11.8 Å². The molecular weight excluding hydrogens is 254 g/mol. The number of nitrogens with two attached hydrogens (primary N) is 1. The molecule has 108 valence electrons. The van der Waals surface area contributed by atoms with Gasteiger partial charge in [0, 0.05) is 35.6 Å². The Morgan fingerprint density at radius 2 is 2.05 bits per heavy atom. The third-order valence-corrected chi connectivity index (χ3v) is 5.64. The predicted molar refractivity (Wildman–Crippen MR) is 83.7 cm³/mol. The van der Waals surface area contributed by atoms with Gasteiger partial charge in [-0.05, 0) is 37.9 Å². The van der Waals surface area contributed by atoms with Crippen molar-refractivity contribution in [1.29, 1.82) is 0 Å². The van der Waals surface area contributed by atoms with Crippen LogP contribution in [0.4, 0.5) is 0 Å². The van der Waals surface area contributed by atoms with E-state index in [9.17, 15) is 0 Å². The van der Waals surface area contributed by atoms with Gasteiger partial charge in [-0.25, -0.2) is 4.98 Å². The van der Waals surface area contributed by atoms with Crippen molar-refractivity contribution >= 4 is 11.8 Å². The highest BCUT2D eigenvalue weighted by atomic mass is 32.2. The normalized spacial score (nSPS) is 25.7. The maximum atomic E-state index is 5.96. The largest absolute Gasteiger partial charge is 0.331 e. The Hall–Kier alpha value is -0.480. The summed E-state index contributed by atoms with van der Waals surface area (Å²) >= 11 is 2.02. The molecule has 1 atom stereocenters. The number of aromatic nitrogens is 2. The van der Waals surface area contributed by atoms with E-state index in [-0.39, 0.29) is 0 Å². The summed E-state index contributed by atoms with van der Waals surface area (Å²) in [6.45, 7) is 5.21. The molecule has 4 heteroatoms. The molecule has 1 unspecified atom stereocenters. The van der Waals surface area contributed by atoms with Crippen molar-refractivity contribution in [2.45, 2.75) is 56.7 Å². The van der Waals surface area contributed by atoms with Crippen molar-refractivity contribution < 1.29 is 0 Å². The van der Waals surface area contributed by atoms with E-state index >= 15 is 0 Å². The summed E-state index contributed by atoms with van der Waals surface area (Å²) in [6.07, 6.45) is 11.5. The Kier molecular flexibility index (Phi) is 5.34. The van der Waals surface area contributed by atoms with Crippen LogP contribution in [-0.2, 0) is 0 Å². The molecule has 0 aromatic carbocycles. The second-order valence-electron chi connectivity index (χ2n) is 5.98. The van der Waals surface area contributed by atoms with E-state index in [0.29, 0.717) is 24.4 Å². The zero-order valence-electron chi connectivity index (χ0n) is 12.4. The van der Waals surface area contributed by atoms with Crippen LogP contribution in [-0.4, -0.2) is 27.6 Å². The van der Waals surface area contributed by atoms with E-state index in [1.807, 2.05) is 24.3 Å². The van der Waals surface area contributed by atoms with Crippen LogP contribution in [0.3, 0.4) is 0 Å². The number of hydrogen-bond donors (Lipinski definition) is 1. The molecule has 3 nitrogen and oxygen atoms in total. The smallest absolute Gasteiger partial charge is 0.0950 e. The van der Waals surface area contributed by atoms with Crippen molar-refractivity contribution in [3.05, 3.63) is 18.2 Å². The van der Waals surface area contributed by atoms with Crippen molar-refractivity contribution in [2.75, 3.05) is 12.8 Å². The lowest BCUT2D eigenvalue weighted by atomic mass is 9.90. The van der Waals surface area contributed by atoms with E-state index in [1.54, 1.807) is 0 Å². The first-order chi connectivity index (χ1) is 9.17. The summed E-state index contributed by atoms with van der Waals surface area (Å²) in [6, 6.07) is 0.633. The Bertz CT molecular complexity index is 380. The Morgan fingerprint density at radius 3 is 2.58 bits per heavy atom. The van der Waals surface area contributed by atoms with Gasteiger partial charge >= 0.3 is 0 Å². The molecule has 0 spiro atoms. The average molecular weight is 281 g/mol. The monoisotopic (exact) mass is 281 g/mol. The van der Waals surface area contributed by atoms with Crippen LogP contribution in [0.2, 0.25) is 0 Å². The SMILES string of the molecule is CSC1CCC(n2cncc2C(CN)C(C)C)CC1. The molecule has 0 saturated heterocycles. The molecule has 1 aliphatic rings. The second kappa shape index (κ2) is 6.80. The summed E-state index contributed by atoms with van der Waals surface area (Å²) in [5.74, 6) is 1.00. The van der Waals surface area contributed by atoms with Crippen molar-refractivity contribution in [1.82, 2.24) is 9.55 Å². The Balaban J connectivity index is 2.11. The molecule has 0 radical (unpaired) electrons. The van der Waals surface area contributed by atoms with Gasteiger partial charge in [0.15, 0.2) is 0 Å². The van der Waals surface area contributed by atoms with E-state index < -0.39 is 0 Å². The van der Waals surface area contributed by atoms with Crippen molar-refractivity contribution in [3.63, 3.8) is 0 Å². The highest BCUT2D eigenvalue weighted by Gasteiger charge is 2.26. The zero-order chi connectivity index (χ0) is 13.8. The van der Waals surface area contributed by atoms with Gasteiger partial charge in [-0.1, -0.05) is 13.8 Å². The van der Waals surface area contributed by atoms with Gasteiger partial charge in [-0.15, -0.1) is 0 Å². The van der Waals surface area contributed by atoms with E-state index in [0.717, 1.165) is 5.25 Å². The number of thioether (sulfide) groups is 1. The minimum absolute atomic E-state index is 0.431. The maximum absolute atomic E-state index is 5.96. The lowest BCUT2D eigenvalue weighted by molar-refractivity contribution is 0.340. The molecule has 1 aromatic heterocycles. The molecule has 0 aliphatic heterocycles. The summed E-state index contributed by atoms with van der Waals surface area (Å²) in [4.78, 5) is 4.39. The molecule has 0 bridgehead atoms. The topological polar surface area (TPSA) is 43.8 Å². The van der Waals surface area contributed by atoms with E-state index in [1.165, 1.54) is 31.4 Å². The molecule has 2 N–H and O–H groups in total. The second-order valence-corrected chi connectivity index (χ2v) is 7.12. The molecular formula is C15H27N3S. The molecule has 1 heterocycles. The van der Waals surface area contributed by atoms with Crippen LogP contribution in [0.5, 0.6) is 0 Å². The summed E-state index contributed by atoms with van der Waals surface area (Å²) in [5.41, 5.74) is 7.30. The average Bonchev–Trinajstić information content (AvgIpc) is 2.88. The molecule has 19 heavy (non-hydrogen) atoms. The minimum Gasteiger partial charge on any atom is -0.331 e. The van der Waals surface area contributed by atoms with Gasteiger partial charge in [-0.3, -0.25) is 0 Å². The number of hydrogen-bond acceptors (Lipinski definition) is 3. The molecule has 1 aromatic rings. The number of rotatable bonds is 5. The van der Waals surface area contributed by atoms with Crippen molar-refractivity contribution in [3.8, 4) is 0 Å². The standard InChI is InChI=1S/C15H27N3S/c1-11(2)14(8-16)15-9-17-10-18(15)12-4-6-13(19-3)7-5-12/h9-14H,4-8,16H2,1-3H3. The summed E-state index contributed by atoms with van der Waals surface area (Å²) < 4.78 is 2.41. The number of imidazole rings is 1. The predicted octanol–water partition coefficient (Wildman–Crippen LogP) is 3.43. The van der Waals surface area contributed by atoms with Gasteiger partial charge in [0.2, 0.25) is 0 Å². The van der Waals surface area contributed by atoms with Gasteiger partial charge in [0.25, 0.3) is 0 Å². The molecule has 1 saturated carbocycles. The van der Waals surface area contributed by atoms with Crippen LogP contribution in [0, 0.1) is 5.92 Å². The van der Waals surface area contributed by atoms with Gasteiger partial charge in [0.1, 0.15) is 0 Å². The minimum atomic E-state index is 0.431. The third kappa shape index (κ3) is 3.34. The van der Waals surface area contributed by atoms with Gasteiger partial charge in [0.05, 0.1) is 6.33 Å². The lowest BCUT2D eigenvalue weighted by Crippen LogP contribution is -2.25. The maximum Gasteiger partial charge on any atom is 0.0950 e. The molecule has 2 rings (SSSR count). The Labute approximate surface area is 121 Å². The van der Waals surface area contributed by atoms with Crippen LogP contribution in [0.15, 0.2) is 12.5 Å². The molecule has 1 fully saturated rings. The van der Waals surface area contributed by atoms with Crippen LogP contribution < -0.4 is 5.73 Å². The van der Waals surface area contributed by atoms with Crippen LogP contribution in [0.1, 0.15) is 57.2 Å². The first-order valence-electron chi connectivity index (χ1n) is 7.42. The number of nitrogens with zero attached hydrogens (tertiary/aromatic N) is 2. The van der Waals surface area contributed by atoms with Gasteiger partial charge < -0.3 is 10.3 Å².